The number of aliphatic hydroxyl groups excluding tert-OH is 1. The first-order chi connectivity index (χ1) is 9.17. The van der Waals surface area contributed by atoms with Gasteiger partial charge in [-0.1, -0.05) is 0 Å². The molecule has 1 aliphatic rings. The lowest BCUT2D eigenvalue weighted by Crippen LogP contribution is -2.32. The molecule has 1 fully saturated rings. The van der Waals surface area contributed by atoms with Crippen LogP contribution in [0, 0.1) is 0 Å². The Labute approximate surface area is 113 Å². The van der Waals surface area contributed by atoms with Crippen molar-refractivity contribution in [2.24, 2.45) is 0 Å². The largest absolute Gasteiger partial charge is 0.397 e. The molecule has 1 amide bonds. The highest BCUT2D eigenvalue weighted by Gasteiger charge is 2.25. The first-order valence-corrected chi connectivity index (χ1v) is 6.72. The van der Waals surface area contributed by atoms with E-state index in [9.17, 15) is 9.90 Å². The average Bonchev–Trinajstić information content (AvgIpc) is 2.87. The van der Waals surface area contributed by atoms with Crippen LogP contribution < -0.4 is 16.0 Å². The van der Waals surface area contributed by atoms with Crippen molar-refractivity contribution in [1.29, 1.82) is 0 Å². The van der Waals surface area contributed by atoms with Gasteiger partial charge in [0.2, 0.25) is 0 Å². The molecule has 0 aromatic heterocycles. The third-order valence-corrected chi connectivity index (χ3v) is 3.52. The minimum absolute atomic E-state index is 0.110. The molecule has 1 atom stereocenters. The Balaban J connectivity index is 2.22. The molecular weight excluding hydrogens is 242 g/mol. The molecule has 1 aromatic rings. The van der Waals surface area contributed by atoms with E-state index >= 15 is 0 Å². The lowest BCUT2D eigenvalue weighted by Gasteiger charge is -2.26. The second-order valence-corrected chi connectivity index (χ2v) is 4.81. The van der Waals surface area contributed by atoms with Crippen molar-refractivity contribution in [3.63, 3.8) is 0 Å². The van der Waals surface area contributed by atoms with Crippen molar-refractivity contribution in [3.8, 4) is 0 Å². The smallest absolute Gasteiger partial charge is 0.251 e. The van der Waals surface area contributed by atoms with Crippen molar-refractivity contribution in [2.45, 2.75) is 25.8 Å². The topological polar surface area (TPSA) is 78.6 Å². The zero-order chi connectivity index (χ0) is 13.8. The third-order valence-electron chi connectivity index (χ3n) is 3.52. The first kappa shape index (κ1) is 13.7. The minimum Gasteiger partial charge on any atom is -0.397 e. The van der Waals surface area contributed by atoms with E-state index in [0.717, 1.165) is 25.1 Å². The van der Waals surface area contributed by atoms with Gasteiger partial charge in [0.1, 0.15) is 0 Å². The van der Waals surface area contributed by atoms with Gasteiger partial charge in [0.25, 0.3) is 5.91 Å². The number of aliphatic hydroxyl groups is 1. The number of nitrogens with one attached hydrogen (secondary N) is 1. The fourth-order valence-corrected chi connectivity index (χ4v) is 2.56. The molecule has 0 radical (unpaired) electrons. The zero-order valence-corrected chi connectivity index (χ0v) is 11.2. The van der Waals surface area contributed by atoms with Crippen LogP contribution in [0.5, 0.6) is 0 Å². The fourth-order valence-electron chi connectivity index (χ4n) is 2.56. The summed E-state index contributed by atoms with van der Waals surface area (Å²) in [5, 5.41) is 12.1. The molecule has 0 aliphatic carbocycles. The maximum Gasteiger partial charge on any atom is 0.251 e. The molecule has 0 bridgehead atoms. The molecule has 0 spiro atoms. The Bertz CT molecular complexity index is 462. The summed E-state index contributed by atoms with van der Waals surface area (Å²) in [5.74, 6) is -0.110. The quantitative estimate of drug-likeness (QED) is 0.708. The molecule has 5 nitrogen and oxygen atoms in total. The summed E-state index contributed by atoms with van der Waals surface area (Å²) in [6.07, 6.45) is 2.04. The minimum atomic E-state index is -0.110. The Morgan fingerprint density at radius 3 is 3.00 bits per heavy atom. The van der Waals surface area contributed by atoms with Gasteiger partial charge in [-0.3, -0.25) is 4.79 Å². The van der Waals surface area contributed by atoms with Crippen molar-refractivity contribution in [3.05, 3.63) is 23.8 Å². The summed E-state index contributed by atoms with van der Waals surface area (Å²) in [5.41, 5.74) is 8.12. The number of anilines is 2. The molecule has 2 rings (SSSR count). The van der Waals surface area contributed by atoms with Crippen LogP contribution >= 0.6 is 0 Å². The second kappa shape index (κ2) is 5.93. The molecule has 4 N–H and O–H groups in total. The van der Waals surface area contributed by atoms with Gasteiger partial charge in [0, 0.05) is 18.7 Å². The molecular formula is C14H21N3O2. The number of carbonyl (C=O) groups excluding carboxylic acids is 1. The maximum atomic E-state index is 11.7. The number of nitrogen functional groups attached to an aromatic ring is 1. The van der Waals surface area contributed by atoms with Crippen LogP contribution in [-0.2, 0) is 0 Å². The van der Waals surface area contributed by atoms with E-state index < -0.39 is 0 Å². The van der Waals surface area contributed by atoms with Crippen molar-refractivity contribution >= 4 is 17.3 Å². The number of hydrogen-bond donors (Lipinski definition) is 3. The highest BCUT2D eigenvalue weighted by Crippen LogP contribution is 2.30. The van der Waals surface area contributed by atoms with Gasteiger partial charge < -0.3 is 21.1 Å². The molecule has 1 unspecified atom stereocenters. The van der Waals surface area contributed by atoms with Gasteiger partial charge in [0.15, 0.2) is 0 Å². The second-order valence-electron chi connectivity index (χ2n) is 4.81. The maximum absolute atomic E-state index is 11.7. The Kier molecular flexibility index (Phi) is 4.27. The zero-order valence-electron chi connectivity index (χ0n) is 11.2. The van der Waals surface area contributed by atoms with Crippen LogP contribution in [0.25, 0.3) is 0 Å². The summed E-state index contributed by atoms with van der Waals surface area (Å²) in [6, 6.07) is 5.49. The predicted molar refractivity (Wildman–Crippen MR) is 76.3 cm³/mol. The van der Waals surface area contributed by atoms with E-state index in [-0.39, 0.29) is 18.6 Å². The van der Waals surface area contributed by atoms with Crippen molar-refractivity contribution in [2.75, 3.05) is 30.3 Å². The summed E-state index contributed by atoms with van der Waals surface area (Å²) in [6.45, 7) is 3.51. The van der Waals surface area contributed by atoms with E-state index in [1.165, 1.54) is 0 Å². The number of hydrogen-bond acceptors (Lipinski definition) is 4. The summed E-state index contributed by atoms with van der Waals surface area (Å²) < 4.78 is 0. The molecule has 19 heavy (non-hydrogen) atoms. The molecule has 1 heterocycles. The molecule has 5 heteroatoms. The highest BCUT2D eigenvalue weighted by atomic mass is 16.3. The summed E-state index contributed by atoms with van der Waals surface area (Å²) >= 11 is 0. The van der Waals surface area contributed by atoms with Gasteiger partial charge in [-0.15, -0.1) is 0 Å². The number of nitrogens with two attached hydrogens (primary N) is 1. The normalized spacial score (nSPS) is 18.6. The van der Waals surface area contributed by atoms with E-state index in [4.69, 9.17) is 5.73 Å². The summed E-state index contributed by atoms with van der Waals surface area (Å²) in [7, 11) is 0. The van der Waals surface area contributed by atoms with Gasteiger partial charge in [-0.25, -0.2) is 0 Å². The number of nitrogens with zero attached hydrogens (tertiary/aromatic N) is 1. The van der Waals surface area contributed by atoms with Crippen LogP contribution in [0.4, 0.5) is 11.4 Å². The lowest BCUT2D eigenvalue weighted by atomic mass is 10.1. The van der Waals surface area contributed by atoms with Crippen LogP contribution in [0.2, 0.25) is 0 Å². The van der Waals surface area contributed by atoms with E-state index in [0.29, 0.717) is 17.8 Å². The molecule has 1 aromatic carbocycles. The molecule has 0 saturated carbocycles. The van der Waals surface area contributed by atoms with Gasteiger partial charge in [-0.2, -0.15) is 0 Å². The number of amides is 1. The molecule has 1 aliphatic heterocycles. The van der Waals surface area contributed by atoms with Crippen LogP contribution in [-0.4, -0.2) is 36.8 Å². The Hall–Kier alpha value is -1.75. The monoisotopic (exact) mass is 263 g/mol. The third kappa shape index (κ3) is 2.81. The van der Waals surface area contributed by atoms with Crippen LogP contribution in [0.1, 0.15) is 30.1 Å². The summed E-state index contributed by atoms with van der Waals surface area (Å²) in [4.78, 5) is 13.9. The van der Waals surface area contributed by atoms with Gasteiger partial charge >= 0.3 is 0 Å². The fraction of sp³-hybridized carbons (Fsp3) is 0.500. The van der Waals surface area contributed by atoms with E-state index in [1.54, 1.807) is 12.1 Å². The van der Waals surface area contributed by atoms with E-state index in [1.807, 2.05) is 13.0 Å². The average molecular weight is 263 g/mol. The molecule has 1 saturated heterocycles. The van der Waals surface area contributed by atoms with Crippen molar-refractivity contribution < 1.29 is 9.90 Å². The van der Waals surface area contributed by atoms with Crippen LogP contribution in [0.3, 0.4) is 0 Å². The predicted octanol–water partition coefficient (Wildman–Crippen LogP) is 0.980. The van der Waals surface area contributed by atoms with Crippen molar-refractivity contribution in [1.82, 2.24) is 5.32 Å². The Morgan fingerprint density at radius 2 is 2.37 bits per heavy atom. The lowest BCUT2D eigenvalue weighted by molar-refractivity contribution is 0.0956. The first-order valence-electron chi connectivity index (χ1n) is 6.72. The molecule has 104 valence electrons. The number of rotatable bonds is 4. The number of benzene rings is 1. The van der Waals surface area contributed by atoms with Gasteiger partial charge in [-0.05, 0) is 38.0 Å². The van der Waals surface area contributed by atoms with E-state index in [2.05, 4.69) is 10.2 Å². The SMILES string of the molecule is CCNC(=O)c1ccc(N2CCCC2CO)c(N)c1. The standard InChI is InChI=1S/C14H21N3O2/c1-2-16-14(19)10-5-6-13(12(15)8-10)17-7-3-4-11(17)9-18/h5-6,8,11,18H,2-4,7,9,15H2,1H3,(H,16,19). The van der Waals surface area contributed by atoms with Crippen LogP contribution in [0.15, 0.2) is 18.2 Å². The number of carbonyl (C=O) groups is 1. The van der Waals surface area contributed by atoms with Gasteiger partial charge in [0.05, 0.1) is 24.0 Å². The Morgan fingerprint density at radius 1 is 1.58 bits per heavy atom. The highest BCUT2D eigenvalue weighted by molar-refractivity contribution is 5.96.